The van der Waals surface area contributed by atoms with Gasteiger partial charge < -0.3 is 14.6 Å². The Morgan fingerprint density at radius 2 is 2.10 bits per heavy atom. The number of hydrogen-bond acceptors (Lipinski definition) is 4. The fraction of sp³-hybridized carbons (Fsp3) is 0.438. The molecule has 1 N–H and O–H groups in total. The number of hydrogen-bond donors (Lipinski definition) is 1. The molecule has 0 aliphatic carbocycles. The lowest BCUT2D eigenvalue weighted by atomic mass is 9.84. The van der Waals surface area contributed by atoms with Crippen LogP contribution in [0.3, 0.4) is 0 Å². The Kier molecular flexibility index (Phi) is 3.70. The maximum atomic E-state index is 10.8. The Morgan fingerprint density at radius 1 is 1.30 bits per heavy atom. The second kappa shape index (κ2) is 5.48. The number of aliphatic hydroxyl groups excluding tert-OH is 1. The average molecular weight is 273 g/mol. The number of fused-ring (bicyclic) bond motifs is 1. The third-order valence-electron chi connectivity index (χ3n) is 4.19. The number of ether oxygens (including phenoxy) is 2. The standard InChI is InChI=1S/C16H19NO3/c1-19-16(6-9-20-10-7-16)15(18)13-4-5-14-12(11-13)3-2-8-17-14/h2-5,8,11,15,18H,6-7,9-10H2,1H3. The molecular weight excluding hydrogens is 254 g/mol. The first-order valence-electron chi connectivity index (χ1n) is 6.91. The van der Waals surface area contributed by atoms with Crippen LogP contribution in [0.5, 0.6) is 0 Å². The van der Waals surface area contributed by atoms with Gasteiger partial charge in [-0.3, -0.25) is 4.98 Å². The van der Waals surface area contributed by atoms with Gasteiger partial charge in [0.05, 0.1) is 5.52 Å². The van der Waals surface area contributed by atoms with E-state index in [-0.39, 0.29) is 0 Å². The summed E-state index contributed by atoms with van der Waals surface area (Å²) < 4.78 is 11.0. The second-order valence-corrected chi connectivity index (χ2v) is 5.24. The fourth-order valence-corrected chi connectivity index (χ4v) is 2.87. The summed E-state index contributed by atoms with van der Waals surface area (Å²) in [6.45, 7) is 1.25. The Hall–Kier alpha value is -1.49. The van der Waals surface area contributed by atoms with Gasteiger partial charge >= 0.3 is 0 Å². The van der Waals surface area contributed by atoms with Crippen LogP contribution in [0.2, 0.25) is 0 Å². The second-order valence-electron chi connectivity index (χ2n) is 5.24. The SMILES string of the molecule is COC1(C(O)c2ccc3ncccc3c2)CCOCC1. The molecule has 4 nitrogen and oxygen atoms in total. The topological polar surface area (TPSA) is 51.6 Å². The van der Waals surface area contributed by atoms with E-state index in [0.29, 0.717) is 26.1 Å². The molecule has 20 heavy (non-hydrogen) atoms. The predicted octanol–water partition coefficient (Wildman–Crippen LogP) is 2.46. The van der Waals surface area contributed by atoms with E-state index in [0.717, 1.165) is 16.5 Å². The Labute approximate surface area is 118 Å². The van der Waals surface area contributed by atoms with Gasteiger partial charge in [0.25, 0.3) is 0 Å². The van der Waals surface area contributed by atoms with Crippen molar-refractivity contribution in [3.63, 3.8) is 0 Å². The third kappa shape index (κ3) is 2.30. The molecule has 2 aromatic rings. The minimum Gasteiger partial charge on any atom is -0.385 e. The molecular formula is C16H19NO3. The van der Waals surface area contributed by atoms with Gasteiger partial charge in [0.2, 0.25) is 0 Å². The smallest absolute Gasteiger partial charge is 0.108 e. The molecule has 0 spiro atoms. The van der Waals surface area contributed by atoms with E-state index in [1.165, 1.54) is 0 Å². The summed E-state index contributed by atoms with van der Waals surface area (Å²) in [5, 5.41) is 11.8. The Bertz CT molecular complexity index is 593. The molecule has 3 rings (SSSR count). The van der Waals surface area contributed by atoms with Crippen LogP contribution in [0.4, 0.5) is 0 Å². The summed E-state index contributed by atoms with van der Waals surface area (Å²) in [7, 11) is 1.66. The molecule has 0 bridgehead atoms. The van der Waals surface area contributed by atoms with Crippen LogP contribution < -0.4 is 0 Å². The summed E-state index contributed by atoms with van der Waals surface area (Å²) in [4.78, 5) is 4.30. The molecule has 1 atom stereocenters. The van der Waals surface area contributed by atoms with Crippen molar-refractivity contribution in [3.8, 4) is 0 Å². The fourth-order valence-electron chi connectivity index (χ4n) is 2.87. The lowest BCUT2D eigenvalue weighted by molar-refractivity contribution is -0.154. The largest absolute Gasteiger partial charge is 0.385 e. The van der Waals surface area contributed by atoms with Gasteiger partial charge in [0.15, 0.2) is 0 Å². The van der Waals surface area contributed by atoms with Crippen LogP contribution in [0.15, 0.2) is 36.5 Å². The molecule has 0 saturated carbocycles. The summed E-state index contributed by atoms with van der Waals surface area (Å²) in [6, 6.07) is 9.76. The zero-order valence-corrected chi connectivity index (χ0v) is 11.6. The number of methoxy groups -OCH3 is 1. The van der Waals surface area contributed by atoms with Crippen molar-refractivity contribution in [2.24, 2.45) is 0 Å². The van der Waals surface area contributed by atoms with Crippen LogP contribution in [0, 0.1) is 0 Å². The van der Waals surface area contributed by atoms with Crippen molar-refractivity contribution in [1.29, 1.82) is 0 Å². The monoisotopic (exact) mass is 273 g/mol. The highest BCUT2D eigenvalue weighted by Gasteiger charge is 2.40. The van der Waals surface area contributed by atoms with E-state index < -0.39 is 11.7 Å². The molecule has 1 aromatic carbocycles. The molecule has 0 radical (unpaired) electrons. The molecule has 1 aromatic heterocycles. The average Bonchev–Trinajstić information content (AvgIpc) is 2.54. The third-order valence-corrected chi connectivity index (χ3v) is 4.19. The van der Waals surface area contributed by atoms with Crippen LogP contribution in [0.25, 0.3) is 10.9 Å². The van der Waals surface area contributed by atoms with Crippen LogP contribution in [-0.2, 0) is 9.47 Å². The molecule has 1 fully saturated rings. The Balaban J connectivity index is 1.96. The normalized spacial score (nSPS) is 19.9. The van der Waals surface area contributed by atoms with Crippen molar-refractivity contribution in [2.75, 3.05) is 20.3 Å². The summed E-state index contributed by atoms with van der Waals surface area (Å²) >= 11 is 0. The highest BCUT2D eigenvalue weighted by atomic mass is 16.5. The van der Waals surface area contributed by atoms with Crippen molar-refractivity contribution in [3.05, 3.63) is 42.1 Å². The van der Waals surface area contributed by atoms with Crippen LogP contribution >= 0.6 is 0 Å². The first-order valence-corrected chi connectivity index (χ1v) is 6.91. The highest BCUT2D eigenvalue weighted by molar-refractivity contribution is 5.79. The number of aromatic nitrogens is 1. The van der Waals surface area contributed by atoms with Gasteiger partial charge in [-0.15, -0.1) is 0 Å². The molecule has 0 amide bonds. The van der Waals surface area contributed by atoms with E-state index in [1.807, 2.05) is 30.3 Å². The maximum Gasteiger partial charge on any atom is 0.108 e. The van der Waals surface area contributed by atoms with Gasteiger partial charge in [-0.2, -0.15) is 0 Å². The van der Waals surface area contributed by atoms with Crippen LogP contribution in [-0.4, -0.2) is 36.0 Å². The van der Waals surface area contributed by atoms with Gasteiger partial charge in [-0.25, -0.2) is 0 Å². The molecule has 106 valence electrons. The van der Waals surface area contributed by atoms with E-state index in [9.17, 15) is 5.11 Å². The van der Waals surface area contributed by atoms with E-state index in [1.54, 1.807) is 13.3 Å². The van der Waals surface area contributed by atoms with Crippen LogP contribution in [0.1, 0.15) is 24.5 Å². The zero-order valence-electron chi connectivity index (χ0n) is 11.6. The quantitative estimate of drug-likeness (QED) is 0.933. The van der Waals surface area contributed by atoms with E-state index in [2.05, 4.69) is 4.98 Å². The molecule has 1 aliphatic rings. The van der Waals surface area contributed by atoms with Crippen molar-refractivity contribution >= 4 is 10.9 Å². The highest BCUT2D eigenvalue weighted by Crippen LogP contribution is 2.37. The summed E-state index contributed by atoms with van der Waals surface area (Å²) in [6.07, 6.45) is 2.53. The lowest BCUT2D eigenvalue weighted by Crippen LogP contribution is -2.43. The molecule has 1 saturated heterocycles. The first kappa shape index (κ1) is 13.5. The van der Waals surface area contributed by atoms with Gasteiger partial charge in [-0.1, -0.05) is 12.1 Å². The minimum atomic E-state index is -0.652. The van der Waals surface area contributed by atoms with Crippen molar-refractivity contribution in [1.82, 2.24) is 4.98 Å². The Morgan fingerprint density at radius 3 is 2.85 bits per heavy atom. The number of benzene rings is 1. The minimum absolute atomic E-state index is 0.547. The van der Waals surface area contributed by atoms with Gasteiger partial charge in [0.1, 0.15) is 11.7 Å². The van der Waals surface area contributed by atoms with E-state index >= 15 is 0 Å². The lowest BCUT2D eigenvalue weighted by Gasteiger charge is -2.39. The predicted molar refractivity (Wildman–Crippen MR) is 76.5 cm³/mol. The van der Waals surface area contributed by atoms with Gasteiger partial charge in [-0.05, 0) is 23.8 Å². The van der Waals surface area contributed by atoms with E-state index in [4.69, 9.17) is 9.47 Å². The first-order chi connectivity index (χ1) is 9.75. The number of pyridine rings is 1. The van der Waals surface area contributed by atoms with Gasteiger partial charge in [0, 0.05) is 44.7 Å². The molecule has 2 heterocycles. The molecule has 1 aliphatic heterocycles. The number of rotatable bonds is 3. The number of aliphatic hydroxyl groups is 1. The number of nitrogens with zero attached hydrogens (tertiary/aromatic N) is 1. The molecule has 1 unspecified atom stereocenters. The maximum absolute atomic E-state index is 10.8. The summed E-state index contributed by atoms with van der Waals surface area (Å²) in [5.74, 6) is 0. The summed E-state index contributed by atoms with van der Waals surface area (Å²) in [5.41, 5.74) is 1.25. The van der Waals surface area contributed by atoms with Crippen molar-refractivity contribution in [2.45, 2.75) is 24.5 Å². The van der Waals surface area contributed by atoms with Crippen molar-refractivity contribution < 1.29 is 14.6 Å². The zero-order chi connectivity index (χ0) is 14.0. The molecule has 4 heteroatoms.